The van der Waals surface area contributed by atoms with Gasteiger partial charge in [0.25, 0.3) is 0 Å². The van der Waals surface area contributed by atoms with E-state index < -0.39 is 36.1 Å². The zero-order valence-electron chi connectivity index (χ0n) is 21.9. The second kappa shape index (κ2) is 9.75. The molecule has 196 valence electrons. The number of halogens is 3. The monoisotopic (exact) mass is 522 g/mol. The van der Waals surface area contributed by atoms with E-state index in [1.54, 1.807) is 26.1 Å². The Hall–Kier alpha value is -2.51. The summed E-state index contributed by atoms with van der Waals surface area (Å²) in [5.74, 6) is -4.17. The van der Waals surface area contributed by atoms with Crippen molar-refractivity contribution in [3.05, 3.63) is 53.2 Å². The minimum Gasteiger partial charge on any atom is -0.384 e. The average Bonchev–Trinajstić information content (AvgIpc) is 2.77. The molecule has 10 heteroatoms. The number of hydrogen-bond donors (Lipinski definition) is 2. The fourth-order valence-electron chi connectivity index (χ4n) is 4.34. The number of nitrogens with zero attached hydrogens (tertiary/aromatic N) is 3. The fraction of sp³-hybridized carbons (Fsp3) is 0.500. The molecule has 1 atom stereocenters. The number of fused-ring (bicyclic) bond motifs is 1. The van der Waals surface area contributed by atoms with Crippen LogP contribution in [0.5, 0.6) is 0 Å². The highest BCUT2D eigenvalue weighted by atomic mass is 31.2. The van der Waals surface area contributed by atoms with Crippen molar-refractivity contribution in [2.24, 2.45) is 0 Å². The second-order valence-electron chi connectivity index (χ2n) is 10.3. The van der Waals surface area contributed by atoms with Crippen LogP contribution in [0.25, 0.3) is 11.0 Å². The van der Waals surface area contributed by atoms with E-state index in [0.717, 1.165) is 19.9 Å². The standard InChI is InChI=1S/C26H34F3N4O2P/c1-14(2)36(35,15(3)4)18-12-20-23(30-13-18)32-17(6)33-24(20)31-16(5)19-10-9-11-21(22(19)27)26(28,29)25(7,8)34/h9-16,34H,1-8H3,(H,30,31,32,33)/t16-/m1/s1. The lowest BCUT2D eigenvalue weighted by molar-refractivity contribution is -0.170. The van der Waals surface area contributed by atoms with E-state index in [1.807, 2.05) is 27.7 Å². The number of aliphatic hydroxyl groups is 1. The van der Waals surface area contributed by atoms with Gasteiger partial charge in [0.1, 0.15) is 30.2 Å². The number of hydrogen-bond acceptors (Lipinski definition) is 6. The van der Waals surface area contributed by atoms with E-state index in [4.69, 9.17) is 0 Å². The average molecular weight is 523 g/mol. The van der Waals surface area contributed by atoms with Gasteiger partial charge in [-0.15, -0.1) is 0 Å². The Bertz CT molecular complexity index is 1310. The molecule has 0 radical (unpaired) electrons. The number of rotatable bonds is 8. The van der Waals surface area contributed by atoms with Crippen molar-refractivity contribution in [2.75, 3.05) is 5.32 Å². The van der Waals surface area contributed by atoms with E-state index in [-0.39, 0.29) is 16.9 Å². The van der Waals surface area contributed by atoms with Gasteiger partial charge in [-0.3, -0.25) is 0 Å². The summed E-state index contributed by atoms with van der Waals surface area (Å²) in [6, 6.07) is 4.69. The lowest BCUT2D eigenvalue weighted by atomic mass is 9.91. The summed E-state index contributed by atoms with van der Waals surface area (Å²) in [5.41, 5.74) is -3.18. The zero-order valence-corrected chi connectivity index (χ0v) is 22.8. The quantitative estimate of drug-likeness (QED) is 0.337. The minimum atomic E-state index is -3.81. The number of aromatic nitrogens is 3. The van der Waals surface area contributed by atoms with Gasteiger partial charge in [0.15, 0.2) is 5.65 Å². The lowest BCUT2D eigenvalue weighted by Gasteiger charge is -2.30. The number of benzene rings is 1. The summed E-state index contributed by atoms with van der Waals surface area (Å²) in [4.78, 5) is 13.3. The highest BCUT2D eigenvalue weighted by molar-refractivity contribution is 7.72. The first-order valence-electron chi connectivity index (χ1n) is 11.9. The van der Waals surface area contributed by atoms with Gasteiger partial charge in [-0.2, -0.15) is 8.78 Å². The Labute approximate surface area is 210 Å². The predicted molar refractivity (Wildman–Crippen MR) is 138 cm³/mol. The van der Waals surface area contributed by atoms with Crippen LogP contribution in [0.15, 0.2) is 30.5 Å². The Morgan fingerprint density at radius 1 is 1.06 bits per heavy atom. The largest absolute Gasteiger partial charge is 0.384 e. The van der Waals surface area contributed by atoms with Crippen molar-refractivity contribution in [2.45, 2.75) is 84.3 Å². The zero-order chi connectivity index (χ0) is 27.2. The SMILES string of the molecule is Cc1nc(N[C@H](C)c2cccc(C(F)(F)C(C)(C)O)c2F)c2cc(P(=O)(C(C)C)C(C)C)cnc2n1. The first kappa shape index (κ1) is 28.1. The van der Waals surface area contributed by atoms with E-state index >= 15 is 4.39 Å². The molecule has 1 aromatic carbocycles. The topological polar surface area (TPSA) is 88.0 Å². The van der Waals surface area contributed by atoms with Crippen LogP contribution in [0.3, 0.4) is 0 Å². The van der Waals surface area contributed by atoms with Crippen LogP contribution in [0.4, 0.5) is 19.0 Å². The Morgan fingerprint density at radius 3 is 2.22 bits per heavy atom. The molecule has 3 aromatic rings. The molecule has 0 saturated heterocycles. The summed E-state index contributed by atoms with van der Waals surface area (Å²) < 4.78 is 58.8. The van der Waals surface area contributed by atoms with Crippen molar-refractivity contribution < 1.29 is 22.8 Å². The molecule has 2 N–H and O–H groups in total. The maximum absolute atomic E-state index is 15.3. The van der Waals surface area contributed by atoms with Crippen molar-refractivity contribution in [1.82, 2.24) is 15.0 Å². The number of pyridine rings is 1. The van der Waals surface area contributed by atoms with Crippen molar-refractivity contribution in [1.29, 1.82) is 0 Å². The molecular weight excluding hydrogens is 488 g/mol. The highest BCUT2D eigenvalue weighted by Gasteiger charge is 2.49. The summed E-state index contributed by atoms with van der Waals surface area (Å²) in [7, 11) is -2.81. The molecule has 2 heterocycles. The molecule has 2 aromatic heterocycles. The number of anilines is 1. The van der Waals surface area contributed by atoms with Crippen LogP contribution in [-0.4, -0.2) is 37.0 Å². The molecular formula is C26H34F3N4O2P. The van der Waals surface area contributed by atoms with Crippen LogP contribution in [0.1, 0.15) is 71.5 Å². The molecule has 0 unspecified atom stereocenters. The third-order valence-corrected chi connectivity index (χ3v) is 10.7. The van der Waals surface area contributed by atoms with Gasteiger partial charge in [0.2, 0.25) is 0 Å². The lowest BCUT2D eigenvalue weighted by Crippen LogP contribution is -2.41. The molecule has 0 aliphatic carbocycles. The van der Waals surface area contributed by atoms with Crippen molar-refractivity contribution in [3.8, 4) is 0 Å². The number of alkyl halides is 2. The Morgan fingerprint density at radius 2 is 1.67 bits per heavy atom. The maximum Gasteiger partial charge on any atom is 0.303 e. The van der Waals surface area contributed by atoms with Gasteiger partial charge in [0.05, 0.1) is 17.0 Å². The van der Waals surface area contributed by atoms with E-state index in [1.165, 1.54) is 12.1 Å². The minimum absolute atomic E-state index is 0.0139. The van der Waals surface area contributed by atoms with Crippen LogP contribution < -0.4 is 10.6 Å². The van der Waals surface area contributed by atoms with Crippen LogP contribution in [-0.2, 0) is 10.5 Å². The summed E-state index contributed by atoms with van der Waals surface area (Å²) in [5, 5.41) is 14.1. The van der Waals surface area contributed by atoms with Crippen molar-refractivity contribution in [3.63, 3.8) is 0 Å². The van der Waals surface area contributed by atoms with Crippen LogP contribution in [0, 0.1) is 12.7 Å². The smallest absolute Gasteiger partial charge is 0.303 e. The maximum atomic E-state index is 15.3. The third-order valence-electron chi connectivity index (χ3n) is 6.54. The van der Waals surface area contributed by atoms with Crippen LogP contribution in [0.2, 0.25) is 0 Å². The molecule has 0 amide bonds. The number of nitrogens with one attached hydrogen (secondary N) is 1. The molecule has 0 fully saturated rings. The molecule has 0 spiro atoms. The van der Waals surface area contributed by atoms with Crippen LogP contribution >= 0.6 is 7.14 Å². The second-order valence-corrected chi connectivity index (χ2v) is 14.3. The number of aryl methyl sites for hydroxylation is 1. The molecule has 36 heavy (non-hydrogen) atoms. The normalized spacial score (nSPS) is 14.1. The van der Waals surface area contributed by atoms with Crippen molar-refractivity contribution >= 4 is 29.3 Å². The highest BCUT2D eigenvalue weighted by Crippen LogP contribution is 2.54. The van der Waals surface area contributed by atoms with E-state index in [9.17, 15) is 18.5 Å². The van der Waals surface area contributed by atoms with Gasteiger partial charge in [-0.25, -0.2) is 19.3 Å². The molecule has 6 nitrogen and oxygen atoms in total. The van der Waals surface area contributed by atoms with Gasteiger partial charge < -0.3 is 15.0 Å². The van der Waals surface area contributed by atoms with Gasteiger partial charge >= 0.3 is 5.92 Å². The molecule has 0 bridgehead atoms. The van der Waals surface area contributed by atoms with E-state index in [0.29, 0.717) is 28.0 Å². The molecule has 0 aliphatic heterocycles. The Kier molecular flexibility index (Phi) is 7.60. The van der Waals surface area contributed by atoms with Gasteiger partial charge in [-0.1, -0.05) is 39.8 Å². The summed E-state index contributed by atoms with van der Waals surface area (Å²) in [6.07, 6.45) is 1.59. The first-order chi connectivity index (χ1) is 16.5. The Balaban J connectivity index is 2.11. The third kappa shape index (κ3) is 4.88. The van der Waals surface area contributed by atoms with Gasteiger partial charge in [-0.05, 0) is 39.8 Å². The van der Waals surface area contributed by atoms with Gasteiger partial charge in [0, 0.05) is 28.4 Å². The fourth-order valence-corrected chi connectivity index (χ4v) is 7.30. The van der Waals surface area contributed by atoms with E-state index in [2.05, 4.69) is 20.3 Å². The summed E-state index contributed by atoms with van der Waals surface area (Å²) >= 11 is 0. The molecule has 0 saturated carbocycles. The predicted octanol–water partition coefficient (Wildman–Crippen LogP) is 6.31. The summed E-state index contributed by atoms with van der Waals surface area (Å²) in [6.45, 7) is 12.8. The first-order valence-corrected chi connectivity index (χ1v) is 13.8. The molecule has 0 aliphatic rings. The molecule has 3 rings (SSSR count).